The molecule has 0 radical (unpaired) electrons. The number of carbonyl (C=O) groups excluding carboxylic acids is 1. The molecule has 0 N–H and O–H groups in total. The smallest absolute Gasteiger partial charge is 0.272 e. The Hall–Kier alpha value is -1.36. The van der Waals surface area contributed by atoms with Gasteiger partial charge in [-0.2, -0.15) is 5.10 Å². The lowest BCUT2D eigenvalue weighted by Crippen LogP contribution is -2.41. The molecule has 1 fully saturated rings. The largest absolute Gasteiger partial charge is 0.337 e. The predicted molar refractivity (Wildman–Crippen MR) is 103 cm³/mol. The number of carbonyl (C=O) groups is 1. The van der Waals surface area contributed by atoms with Crippen LogP contribution >= 0.6 is 0 Å². The highest BCUT2D eigenvalue weighted by Gasteiger charge is 2.28. The number of aromatic nitrogens is 2. The van der Waals surface area contributed by atoms with Crippen molar-refractivity contribution in [3.05, 3.63) is 17.5 Å². The lowest BCUT2D eigenvalue weighted by Gasteiger charge is -2.34. The molecule has 142 valence electrons. The van der Waals surface area contributed by atoms with Crippen LogP contribution in [0.1, 0.15) is 69.6 Å². The monoisotopic (exact) mass is 348 g/mol. The number of unbranched alkanes of at least 4 members (excludes halogenated alkanes) is 1. The number of hydrogen-bond donors (Lipinski definition) is 0. The van der Waals surface area contributed by atoms with Gasteiger partial charge in [0.2, 0.25) is 0 Å². The fraction of sp³-hybridized carbons (Fsp3) is 0.800. The van der Waals surface area contributed by atoms with E-state index in [9.17, 15) is 4.79 Å². The zero-order valence-electron chi connectivity index (χ0n) is 17.0. The molecule has 0 unspecified atom stereocenters. The Morgan fingerprint density at radius 1 is 1.32 bits per heavy atom. The van der Waals surface area contributed by atoms with Gasteiger partial charge < -0.3 is 9.80 Å². The number of likely N-dealkylation sites (tertiary alicyclic amines) is 1. The van der Waals surface area contributed by atoms with Crippen LogP contribution in [0, 0.1) is 5.92 Å². The van der Waals surface area contributed by atoms with E-state index in [-0.39, 0.29) is 11.3 Å². The fourth-order valence-electron chi connectivity index (χ4n) is 3.47. The van der Waals surface area contributed by atoms with Crippen molar-refractivity contribution >= 4 is 5.91 Å². The summed E-state index contributed by atoms with van der Waals surface area (Å²) in [6.07, 6.45) is 4.72. The van der Waals surface area contributed by atoms with Crippen LogP contribution in [-0.4, -0.2) is 58.7 Å². The summed E-state index contributed by atoms with van der Waals surface area (Å²) in [5.41, 5.74) is 1.65. The van der Waals surface area contributed by atoms with E-state index in [1.165, 1.54) is 19.4 Å². The second kappa shape index (κ2) is 8.35. The highest BCUT2D eigenvalue weighted by Crippen LogP contribution is 2.24. The molecular formula is C20H36N4O. The first-order chi connectivity index (χ1) is 11.7. The maximum absolute atomic E-state index is 12.9. The molecule has 5 heteroatoms. The lowest BCUT2D eigenvalue weighted by atomic mass is 9.92. The quantitative estimate of drug-likeness (QED) is 0.792. The molecule has 0 saturated carbocycles. The van der Waals surface area contributed by atoms with Crippen molar-refractivity contribution in [2.24, 2.45) is 13.0 Å². The van der Waals surface area contributed by atoms with Gasteiger partial charge >= 0.3 is 0 Å². The van der Waals surface area contributed by atoms with Crippen molar-refractivity contribution < 1.29 is 4.79 Å². The fourth-order valence-corrected chi connectivity index (χ4v) is 3.47. The van der Waals surface area contributed by atoms with E-state index >= 15 is 0 Å². The Balaban J connectivity index is 1.90. The molecule has 1 aromatic rings. The van der Waals surface area contributed by atoms with Crippen molar-refractivity contribution in [1.82, 2.24) is 19.6 Å². The molecule has 1 amide bonds. The van der Waals surface area contributed by atoms with E-state index in [0.717, 1.165) is 38.2 Å². The standard InChI is InChI=1S/C20H36N4O/c1-7-8-11-22(5)15-16-9-12-24(13-10-16)19(25)17-14-18(20(2,3)4)21-23(17)6/h14,16H,7-13,15H2,1-6H3. The van der Waals surface area contributed by atoms with Gasteiger partial charge in [-0.15, -0.1) is 0 Å². The summed E-state index contributed by atoms with van der Waals surface area (Å²) in [6.45, 7) is 12.7. The molecule has 0 bridgehead atoms. The third-order valence-corrected chi connectivity index (χ3v) is 5.23. The molecule has 0 aliphatic carbocycles. The van der Waals surface area contributed by atoms with Crippen LogP contribution in [0.4, 0.5) is 0 Å². The molecule has 25 heavy (non-hydrogen) atoms. The van der Waals surface area contributed by atoms with Gasteiger partial charge in [-0.25, -0.2) is 0 Å². The molecule has 2 rings (SSSR count). The summed E-state index contributed by atoms with van der Waals surface area (Å²) in [6, 6.07) is 1.97. The SMILES string of the molecule is CCCCN(C)CC1CCN(C(=O)c2cc(C(C)(C)C)nn2C)CC1. The minimum absolute atomic E-state index is 0.0354. The molecule has 0 spiro atoms. The molecule has 1 saturated heterocycles. The molecule has 0 atom stereocenters. The number of hydrogen-bond acceptors (Lipinski definition) is 3. The molecular weight excluding hydrogens is 312 g/mol. The first-order valence-corrected chi connectivity index (χ1v) is 9.74. The van der Waals surface area contributed by atoms with E-state index in [0.29, 0.717) is 11.6 Å². The molecule has 1 aromatic heterocycles. The van der Waals surface area contributed by atoms with Crippen molar-refractivity contribution in [1.29, 1.82) is 0 Å². The first-order valence-electron chi connectivity index (χ1n) is 9.74. The Labute approximate surface area is 153 Å². The molecule has 5 nitrogen and oxygen atoms in total. The van der Waals surface area contributed by atoms with E-state index < -0.39 is 0 Å². The van der Waals surface area contributed by atoms with E-state index in [1.807, 2.05) is 18.0 Å². The second-order valence-corrected chi connectivity index (χ2v) is 8.64. The van der Waals surface area contributed by atoms with Crippen molar-refractivity contribution in [2.75, 3.05) is 33.2 Å². The highest BCUT2D eigenvalue weighted by atomic mass is 16.2. The van der Waals surface area contributed by atoms with Crippen LogP contribution in [0.25, 0.3) is 0 Å². The minimum atomic E-state index is -0.0354. The van der Waals surface area contributed by atoms with Gasteiger partial charge in [0, 0.05) is 32.1 Å². The van der Waals surface area contributed by atoms with Crippen LogP contribution in [0.3, 0.4) is 0 Å². The van der Waals surface area contributed by atoms with Crippen LogP contribution < -0.4 is 0 Å². The maximum atomic E-state index is 12.9. The third-order valence-electron chi connectivity index (χ3n) is 5.23. The summed E-state index contributed by atoms with van der Waals surface area (Å²) in [7, 11) is 4.09. The van der Waals surface area contributed by atoms with Crippen molar-refractivity contribution in [3.63, 3.8) is 0 Å². The summed E-state index contributed by atoms with van der Waals surface area (Å²) in [4.78, 5) is 17.3. The van der Waals surface area contributed by atoms with Gasteiger partial charge in [-0.3, -0.25) is 9.48 Å². The van der Waals surface area contributed by atoms with E-state index in [1.54, 1.807) is 4.68 Å². The molecule has 1 aliphatic heterocycles. The zero-order chi connectivity index (χ0) is 18.6. The zero-order valence-corrected chi connectivity index (χ0v) is 17.0. The number of rotatable bonds is 6. The van der Waals surface area contributed by atoms with Crippen LogP contribution in [-0.2, 0) is 12.5 Å². The van der Waals surface area contributed by atoms with Crippen LogP contribution in [0.2, 0.25) is 0 Å². The van der Waals surface area contributed by atoms with Gasteiger partial charge in [0.15, 0.2) is 0 Å². The number of piperidine rings is 1. The Bertz CT molecular complexity index is 565. The first kappa shape index (κ1) is 20.0. The molecule has 1 aliphatic rings. The van der Waals surface area contributed by atoms with Gasteiger partial charge in [-0.1, -0.05) is 34.1 Å². The average Bonchev–Trinajstić information content (AvgIpc) is 2.95. The van der Waals surface area contributed by atoms with E-state index in [4.69, 9.17) is 0 Å². The number of nitrogens with zero attached hydrogens (tertiary/aromatic N) is 4. The summed E-state index contributed by atoms with van der Waals surface area (Å²) in [5.74, 6) is 0.839. The molecule has 2 heterocycles. The van der Waals surface area contributed by atoms with Crippen LogP contribution in [0.5, 0.6) is 0 Å². The predicted octanol–water partition coefficient (Wildman–Crippen LogP) is 3.30. The minimum Gasteiger partial charge on any atom is -0.337 e. The van der Waals surface area contributed by atoms with Crippen molar-refractivity contribution in [3.8, 4) is 0 Å². The average molecular weight is 349 g/mol. The van der Waals surface area contributed by atoms with Gasteiger partial charge in [0.25, 0.3) is 5.91 Å². The Morgan fingerprint density at radius 2 is 1.96 bits per heavy atom. The Kier molecular flexibility index (Phi) is 6.66. The number of amides is 1. The topological polar surface area (TPSA) is 41.4 Å². The highest BCUT2D eigenvalue weighted by molar-refractivity contribution is 5.92. The lowest BCUT2D eigenvalue weighted by molar-refractivity contribution is 0.0662. The summed E-state index contributed by atoms with van der Waals surface area (Å²) >= 11 is 0. The summed E-state index contributed by atoms with van der Waals surface area (Å²) < 4.78 is 1.74. The Morgan fingerprint density at radius 3 is 2.48 bits per heavy atom. The van der Waals surface area contributed by atoms with Gasteiger partial charge in [-0.05, 0) is 44.8 Å². The van der Waals surface area contributed by atoms with E-state index in [2.05, 4.69) is 44.7 Å². The normalized spacial score (nSPS) is 16.7. The van der Waals surface area contributed by atoms with Gasteiger partial charge in [0.05, 0.1) is 5.69 Å². The maximum Gasteiger partial charge on any atom is 0.272 e. The van der Waals surface area contributed by atoms with Crippen molar-refractivity contribution in [2.45, 2.75) is 58.8 Å². The third kappa shape index (κ3) is 5.30. The molecule has 0 aromatic carbocycles. The van der Waals surface area contributed by atoms with Gasteiger partial charge in [0.1, 0.15) is 5.69 Å². The second-order valence-electron chi connectivity index (χ2n) is 8.64. The van der Waals surface area contributed by atoms with Crippen LogP contribution in [0.15, 0.2) is 6.07 Å². The summed E-state index contributed by atoms with van der Waals surface area (Å²) in [5, 5.41) is 4.54. The number of aryl methyl sites for hydroxylation is 1.